The Morgan fingerprint density at radius 1 is 1.27 bits per heavy atom. The molecule has 82 valence electrons. The molecule has 0 spiro atoms. The monoisotopic (exact) mass is 210 g/mol. The second kappa shape index (κ2) is 7.58. The summed E-state index contributed by atoms with van der Waals surface area (Å²) in [4.78, 5) is 8.56. The van der Waals surface area contributed by atoms with Gasteiger partial charge >= 0.3 is 6.16 Å². The summed E-state index contributed by atoms with van der Waals surface area (Å²) in [6.07, 6.45) is 1.47. The van der Waals surface area contributed by atoms with Gasteiger partial charge in [0.2, 0.25) is 0 Å². The van der Waals surface area contributed by atoms with Crippen LogP contribution in [0.2, 0.25) is 0 Å². The maximum Gasteiger partial charge on any atom is 0.503 e. The molecule has 0 aliphatic rings. The van der Waals surface area contributed by atoms with Gasteiger partial charge in [0.25, 0.3) is 0 Å². The molecular formula is C11H14O4. The van der Waals surface area contributed by atoms with Gasteiger partial charge in [0, 0.05) is 0 Å². The number of benzene rings is 1. The highest BCUT2D eigenvalue weighted by Gasteiger charge is 1.85. The molecule has 3 N–H and O–H groups in total. The van der Waals surface area contributed by atoms with Crippen molar-refractivity contribution in [3.63, 3.8) is 0 Å². The molecule has 0 heterocycles. The van der Waals surface area contributed by atoms with E-state index >= 15 is 0 Å². The molecule has 1 aromatic rings. The molecule has 0 fully saturated rings. The lowest BCUT2D eigenvalue weighted by molar-refractivity contribution is 0.137. The van der Waals surface area contributed by atoms with Crippen molar-refractivity contribution in [3.05, 3.63) is 42.0 Å². The van der Waals surface area contributed by atoms with Gasteiger partial charge in [-0.05, 0) is 12.5 Å². The quantitative estimate of drug-likeness (QED) is 0.699. The first-order valence-corrected chi connectivity index (χ1v) is 4.35. The van der Waals surface area contributed by atoms with Crippen LogP contribution in [0, 0.1) is 0 Å². The molecule has 4 heteroatoms. The van der Waals surface area contributed by atoms with Gasteiger partial charge in [-0.2, -0.15) is 0 Å². The highest BCUT2D eigenvalue weighted by molar-refractivity contribution is 5.53. The van der Waals surface area contributed by atoms with Crippen molar-refractivity contribution < 1.29 is 20.1 Å². The van der Waals surface area contributed by atoms with Gasteiger partial charge in [0.1, 0.15) is 0 Å². The number of aliphatic hydroxyl groups excluding tert-OH is 1. The fourth-order valence-electron chi connectivity index (χ4n) is 0.815. The summed E-state index contributed by atoms with van der Waals surface area (Å²) in [6, 6.07) is 9.92. The van der Waals surface area contributed by atoms with Crippen LogP contribution in [0.5, 0.6) is 0 Å². The zero-order valence-electron chi connectivity index (χ0n) is 8.37. The lowest BCUT2D eigenvalue weighted by Gasteiger charge is -1.93. The highest BCUT2D eigenvalue weighted by Crippen LogP contribution is 2.01. The summed E-state index contributed by atoms with van der Waals surface area (Å²) < 4.78 is 0. The molecule has 1 rings (SSSR count). The van der Waals surface area contributed by atoms with Crippen LogP contribution in [-0.2, 0) is 0 Å². The maximum absolute atomic E-state index is 8.93. The Morgan fingerprint density at radius 2 is 1.73 bits per heavy atom. The number of hydrogen-bond acceptors (Lipinski definition) is 2. The van der Waals surface area contributed by atoms with Crippen molar-refractivity contribution in [2.24, 2.45) is 0 Å². The Balaban J connectivity index is 0.000000423. The minimum atomic E-state index is -1.83. The second-order valence-corrected chi connectivity index (χ2v) is 2.79. The molecule has 0 saturated heterocycles. The van der Waals surface area contributed by atoms with Gasteiger partial charge < -0.3 is 15.3 Å². The molecule has 0 saturated carbocycles. The zero-order valence-corrected chi connectivity index (χ0v) is 8.37. The lowest BCUT2D eigenvalue weighted by atomic mass is 10.2. The molecule has 0 bridgehead atoms. The second-order valence-electron chi connectivity index (χ2n) is 2.79. The van der Waals surface area contributed by atoms with Crippen LogP contribution in [0.1, 0.15) is 12.5 Å². The topological polar surface area (TPSA) is 77.8 Å². The van der Waals surface area contributed by atoms with Gasteiger partial charge in [0.15, 0.2) is 0 Å². The molecule has 1 aromatic carbocycles. The summed E-state index contributed by atoms with van der Waals surface area (Å²) in [6.45, 7) is 1.74. The van der Waals surface area contributed by atoms with Gasteiger partial charge in [-0.25, -0.2) is 4.79 Å². The SMILES string of the molecule is CC(O)C=Cc1ccccc1.O=C(O)O. The first kappa shape index (κ1) is 13.2. The minimum Gasteiger partial charge on any atom is -0.450 e. The molecule has 0 aromatic heterocycles. The number of carbonyl (C=O) groups is 1. The van der Waals surface area contributed by atoms with Crippen LogP contribution in [0.4, 0.5) is 4.79 Å². The van der Waals surface area contributed by atoms with Crippen molar-refractivity contribution in [1.29, 1.82) is 0 Å². The van der Waals surface area contributed by atoms with Crippen molar-refractivity contribution in [2.75, 3.05) is 0 Å². The van der Waals surface area contributed by atoms with Gasteiger partial charge in [-0.15, -0.1) is 0 Å². The number of carboxylic acid groups (broad SMARTS) is 2. The summed E-state index contributed by atoms with van der Waals surface area (Å²) in [5.41, 5.74) is 1.12. The van der Waals surface area contributed by atoms with E-state index in [0.29, 0.717) is 0 Å². The minimum absolute atomic E-state index is 0.366. The highest BCUT2D eigenvalue weighted by atomic mass is 16.6. The third-order valence-corrected chi connectivity index (χ3v) is 1.37. The summed E-state index contributed by atoms with van der Waals surface area (Å²) in [7, 11) is 0. The molecule has 4 nitrogen and oxygen atoms in total. The third kappa shape index (κ3) is 10.1. The molecule has 0 aliphatic carbocycles. The normalized spacial score (nSPS) is 11.6. The van der Waals surface area contributed by atoms with E-state index in [-0.39, 0.29) is 6.10 Å². The average Bonchev–Trinajstić information content (AvgIpc) is 2.15. The Morgan fingerprint density at radius 3 is 2.13 bits per heavy atom. The molecule has 15 heavy (non-hydrogen) atoms. The smallest absolute Gasteiger partial charge is 0.450 e. The van der Waals surface area contributed by atoms with E-state index in [2.05, 4.69) is 0 Å². The summed E-state index contributed by atoms with van der Waals surface area (Å²) in [5, 5.41) is 22.9. The van der Waals surface area contributed by atoms with Gasteiger partial charge in [-0.1, -0.05) is 42.5 Å². The molecule has 1 unspecified atom stereocenters. The lowest BCUT2D eigenvalue weighted by Crippen LogP contribution is -1.90. The van der Waals surface area contributed by atoms with Crippen LogP contribution in [0.15, 0.2) is 36.4 Å². The Hall–Kier alpha value is -1.81. The van der Waals surface area contributed by atoms with E-state index in [1.165, 1.54) is 0 Å². The molecule has 1 atom stereocenters. The van der Waals surface area contributed by atoms with E-state index in [0.717, 1.165) is 5.56 Å². The number of rotatable bonds is 2. The first-order valence-electron chi connectivity index (χ1n) is 4.35. The number of aliphatic hydroxyl groups is 1. The molecule has 0 amide bonds. The standard InChI is InChI=1S/C10H12O.CH2O3/c1-9(11)7-8-10-5-3-2-4-6-10;2-1(3)4/h2-9,11H,1H3;(H2,2,3,4). The molecule has 0 radical (unpaired) electrons. The predicted molar refractivity (Wildman–Crippen MR) is 57.8 cm³/mol. The largest absolute Gasteiger partial charge is 0.503 e. The van der Waals surface area contributed by atoms with Crippen LogP contribution in [-0.4, -0.2) is 27.6 Å². The van der Waals surface area contributed by atoms with Gasteiger partial charge in [-0.3, -0.25) is 0 Å². The fraction of sp³-hybridized carbons (Fsp3) is 0.182. The van der Waals surface area contributed by atoms with Crippen LogP contribution in [0.25, 0.3) is 6.08 Å². The fourth-order valence-corrected chi connectivity index (χ4v) is 0.815. The maximum atomic E-state index is 8.93. The average molecular weight is 210 g/mol. The Bertz CT molecular complexity index is 300. The van der Waals surface area contributed by atoms with E-state index in [1.54, 1.807) is 13.0 Å². The van der Waals surface area contributed by atoms with Crippen molar-refractivity contribution in [1.82, 2.24) is 0 Å². The van der Waals surface area contributed by atoms with Crippen molar-refractivity contribution >= 4 is 12.2 Å². The van der Waals surface area contributed by atoms with Crippen LogP contribution >= 0.6 is 0 Å². The first-order chi connectivity index (χ1) is 7.02. The van der Waals surface area contributed by atoms with E-state index in [4.69, 9.17) is 20.1 Å². The Kier molecular flexibility index (Phi) is 6.67. The van der Waals surface area contributed by atoms with Crippen molar-refractivity contribution in [3.8, 4) is 0 Å². The summed E-state index contributed by atoms with van der Waals surface area (Å²) >= 11 is 0. The van der Waals surface area contributed by atoms with Crippen LogP contribution in [0.3, 0.4) is 0 Å². The van der Waals surface area contributed by atoms with Crippen LogP contribution < -0.4 is 0 Å². The van der Waals surface area contributed by atoms with E-state index in [1.807, 2.05) is 36.4 Å². The predicted octanol–water partition coefficient (Wildman–Crippen LogP) is 2.30. The zero-order chi connectivity index (χ0) is 11.7. The number of hydrogen-bond donors (Lipinski definition) is 3. The van der Waals surface area contributed by atoms with Crippen molar-refractivity contribution in [2.45, 2.75) is 13.0 Å². The van der Waals surface area contributed by atoms with Gasteiger partial charge in [0.05, 0.1) is 6.10 Å². The third-order valence-electron chi connectivity index (χ3n) is 1.37. The molecular weight excluding hydrogens is 196 g/mol. The van der Waals surface area contributed by atoms with E-state index in [9.17, 15) is 0 Å². The summed E-state index contributed by atoms with van der Waals surface area (Å²) in [5.74, 6) is 0. The molecule has 0 aliphatic heterocycles. The Labute approximate surface area is 88.1 Å². The van der Waals surface area contributed by atoms with E-state index < -0.39 is 6.16 Å².